The van der Waals surface area contributed by atoms with Gasteiger partial charge >= 0.3 is 0 Å². The lowest BCUT2D eigenvalue weighted by Gasteiger charge is -2.18. The predicted molar refractivity (Wildman–Crippen MR) is 102 cm³/mol. The summed E-state index contributed by atoms with van der Waals surface area (Å²) in [6.45, 7) is 4.06. The highest BCUT2D eigenvalue weighted by Crippen LogP contribution is 2.26. The van der Waals surface area contributed by atoms with E-state index in [9.17, 15) is 4.79 Å². The molecule has 0 bridgehead atoms. The number of carbonyl (C=O) groups is 1. The number of nitrogens with one attached hydrogen (secondary N) is 1. The Bertz CT molecular complexity index is 698. The topological polar surface area (TPSA) is 29.1 Å². The maximum absolute atomic E-state index is 12.4. The molecule has 0 spiro atoms. The van der Waals surface area contributed by atoms with Crippen molar-refractivity contribution in [2.45, 2.75) is 50.2 Å². The first-order valence-corrected chi connectivity index (χ1v) is 9.76. The smallest absolute Gasteiger partial charge is 0.233 e. The maximum atomic E-state index is 12.4. The van der Waals surface area contributed by atoms with Gasteiger partial charge in [0.2, 0.25) is 5.91 Å². The highest BCUT2D eigenvalue weighted by atomic mass is 32.2. The zero-order valence-corrected chi connectivity index (χ0v) is 15.2. The standard InChI is InChI=1S/C21H25NOS/c1-15(19-12-11-18-9-6-10-20(18)13-19)22-21(23)16(2)24-14-17-7-4-3-5-8-17/h3-5,7-8,11-13,15-16H,6,9-10,14H2,1-2H3,(H,22,23). The fraction of sp³-hybridized carbons (Fsp3) is 0.381. The Hall–Kier alpha value is -1.74. The molecule has 0 saturated heterocycles. The zero-order chi connectivity index (χ0) is 16.9. The molecule has 2 aromatic carbocycles. The highest BCUT2D eigenvalue weighted by Gasteiger charge is 2.18. The molecule has 0 radical (unpaired) electrons. The number of amides is 1. The van der Waals surface area contributed by atoms with Crippen molar-refractivity contribution in [1.82, 2.24) is 5.32 Å². The summed E-state index contributed by atoms with van der Waals surface area (Å²) in [6.07, 6.45) is 3.63. The van der Waals surface area contributed by atoms with Crippen LogP contribution in [-0.2, 0) is 23.4 Å². The maximum Gasteiger partial charge on any atom is 0.233 e. The molecule has 2 aromatic rings. The molecule has 3 rings (SSSR count). The largest absolute Gasteiger partial charge is 0.349 e. The second-order valence-electron chi connectivity index (χ2n) is 6.55. The van der Waals surface area contributed by atoms with Crippen molar-refractivity contribution in [2.75, 3.05) is 0 Å². The second-order valence-corrected chi connectivity index (χ2v) is 7.88. The summed E-state index contributed by atoms with van der Waals surface area (Å²) in [7, 11) is 0. The molecule has 2 nitrogen and oxygen atoms in total. The van der Waals surface area contributed by atoms with Crippen molar-refractivity contribution in [3.63, 3.8) is 0 Å². The van der Waals surface area contributed by atoms with E-state index in [2.05, 4.69) is 42.6 Å². The van der Waals surface area contributed by atoms with Crippen LogP contribution < -0.4 is 5.32 Å². The lowest BCUT2D eigenvalue weighted by molar-refractivity contribution is -0.120. The van der Waals surface area contributed by atoms with E-state index in [1.165, 1.54) is 41.5 Å². The van der Waals surface area contributed by atoms with Gasteiger partial charge in [-0.2, -0.15) is 0 Å². The minimum Gasteiger partial charge on any atom is -0.349 e. The Morgan fingerprint density at radius 2 is 1.83 bits per heavy atom. The normalized spacial score (nSPS) is 15.6. The first-order valence-electron chi connectivity index (χ1n) is 8.71. The van der Waals surface area contributed by atoms with E-state index in [-0.39, 0.29) is 17.2 Å². The third-order valence-corrected chi connectivity index (χ3v) is 5.91. The third kappa shape index (κ3) is 4.21. The molecule has 1 amide bonds. The lowest BCUT2D eigenvalue weighted by Crippen LogP contribution is -2.33. The zero-order valence-electron chi connectivity index (χ0n) is 14.4. The predicted octanol–water partition coefficient (Wildman–Crippen LogP) is 4.67. The number of carbonyl (C=O) groups excluding carboxylic acids is 1. The molecule has 126 valence electrons. The van der Waals surface area contributed by atoms with E-state index in [1.807, 2.05) is 25.1 Å². The minimum absolute atomic E-state index is 0.0536. The number of benzene rings is 2. The van der Waals surface area contributed by atoms with Gasteiger partial charge in [0.25, 0.3) is 0 Å². The van der Waals surface area contributed by atoms with E-state index < -0.39 is 0 Å². The number of thioether (sulfide) groups is 1. The molecule has 0 heterocycles. The number of fused-ring (bicyclic) bond motifs is 1. The summed E-state index contributed by atoms with van der Waals surface area (Å²) in [5.74, 6) is 0.978. The SMILES string of the molecule is CC(SCc1ccccc1)C(=O)NC(C)c1ccc2c(c1)CCC2. The summed E-state index contributed by atoms with van der Waals surface area (Å²) < 4.78 is 0. The minimum atomic E-state index is -0.0536. The molecular formula is C21H25NOS. The van der Waals surface area contributed by atoms with Crippen LogP contribution in [0.2, 0.25) is 0 Å². The quantitative estimate of drug-likeness (QED) is 0.828. The number of hydrogen-bond donors (Lipinski definition) is 1. The molecule has 2 unspecified atom stereocenters. The molecule has 0 aliphatic heterocycles. The summed E-state index contributed by atoms with van der Waals surface area (Å²) in [6, 6.07) is 17.0. The van der Waals surface area contributed by atoms with Crippen LogP contribution >= 0.6 is 11.8 Å². The molecule has 0 fully saturated rings. The number of hydrogen-bond acceptors (Lipinski definition) is 2. The third-order valence-electron chi connectivity index (χ3n) is 4.69. The van der Waals surface area contributed by atoms with Gasteiger partial charge in [-0.3, -0.25) is 4.79 Å². The summed E-state index contributed by atoms with van der Waals surface area (Å²) in [5, 5.41) is 3.11. The molecule has 1 N–H and O–H groups in total. The molecule has 1 aliphatic rings. The van der Waals surface area contributed by atoms with Gasteiger partial charge in [0.05, 0.1) is 11.3 Å². The molecule has 24 heavy (non-hydrogen) atoms. The lowest BCUT2D eigenvalue weighted by atomic mass is 10.0. The number of aryl methyl sites for hydroxylation is 2. The van der Waals surface area contributed by atoms with Crippen LogP contribution in [0.25, 0.3) is 0 Å². The van der Waals surface area contributed by atoms with Crippen LogP contribution in [0.1, 0.15) is 48.6 Å². The van der Waals surface area contributed by atoms with Crippen LogP contribution in [0.5, 0.6) is 0 Å². The first-order chi connectivity index (χ1) is 11.6. The Morgan fingerprint density at radius 1 is 1.08 bits per heavy atom. The van der Waals surface area contributed by atoms with Gasteiger partial charge in [0, 0.05) is 5.75 Å². The van der Waals surface area contributed by atoms with E-state index >= 15 is 0 Å². The van der Waals surface area contributed by atoms with Crippen molar-refractivity contribution < 1.29 is 4.79 Å². The summed E-state index contributed by atoms with van der Waals surface area (Å²) in [4.78, 5) is 12.4. The second kappa shape index (κ2) is 7.89. The van der Waals surface area contributed by atoms with Crippen LogP contribution in [0.15, 0.2) is 48.5 Å². The van der Waals surface area contributed by atoms with Gasteiger partial charge in [-0.05, 0) is 55.4 Å². The fourth-order valence-electron chi connectivity index (χ4n) is 3.15. The van der Waals surface area contributed by atoms with E-state index in [1.54, 1.807) is 11.8 Å². The van der Waals surface area contributed by atoms with Gasteiger partial charge in [-0.15, -0.1) is 11.8 Å². The Kier molecular flexibility index (Phi) is 5.62. The van der Waals surface area contributed by atoms with Gasteiger partial charge < -0.3 is 5.32 Å². The summed E-state index contributed by atoms with van der Waals surface area (Å²) >= 11 is 1.68. The Morgan fingerprint density at radius 3 is 2.62 bits per heavy atom. The van der Waals surface area contributed by atoms with Crippen molar-refractivity contribution in [3.8, 4) is 0 Å². The highest BCUT2D eigenvalue weighted by molar-refractivity contribution is 7.99. The van der Waals surface area contributed by atoms with Gasteiger partial charge in [-0.1, -0.05) is 48.5 Å². The average molecular weight is 340 g/mol. The molecule has 2 atom stereocenters. The van der Waals surface area contributed by atoms with Crippen molar-refractivity contribution in [3.05, 3.63) is 70.8 Å². The average Bonchev–Trinajstić information content (AvgIpc) is 3.08. The van der Waals surface area contributed by atoms with Crippen LogP contribution in [0.4, 0.5) is 0 Å². The molecule has 0 saturated carbocycles. The molecule has 1 aliphatic carbocycles. The van der Waals surface area contributed by atoms with E-state index in [4.69, 9.17) is 0 Å². The van der Waals surface area contributed by atoms with Gasteiger partial charge in [-0.25, -0.2) is 0 Å². The Labute approximate surface area is 149 Å². The van der Waals surface area contributed by atoms with Crippen LogP contribution in [0, 0.1) is 0 Å². The van der Waals surface area contributed by atoms with E-state index in [0.29, 0.717) is 0 Å². The van der Waals surface area contributed by atoms with E-state index in [0.717, 1.165) is 5.75 Å². The first kappa shape index (κ1) is 17.1. The van der Waals surface area contributed by atoms with Crippen LogP contribution in [-0.4, -0.2) is 11.2 Å². The van der Waals surface area contributed by atoms with Crippen LogP contribution in [0.3, 0.4) is 0 Å². The van der Waals surface area contributed by atoms with Gasteiger partial charge in [0.15, 0.2) is 0 Å². The Balaban J connectivity index is 1.53. The molecular weight excluding hydrogens is 314 g/mol. The number of rotatable bonds is 6. The van der Waals surface area contributed by atoms with Gasteiger partial charge in [0.1, 0.15) is 0 Å². The van der Waals surface area contributed by atoms with Crippen molar-refractivity contribution in [1.29, 1.82) is 0 Å². The van der Waals surface area contributed by atoms with Crippen molar-refractivity contribution >= 4 is 17.7 Å². The summed E-state index contributed by atoms with van der Waals surface area (Å²) in [5.41, 5.74) is 5.40. The molecule has 0 aromatic heterocycles. The monoisotopic (exact) mass is 339 g/mol. The molecule has 3 heteroatoms. The van der Waals surface area contributed by atoms with Crippen molar-refractivity contribution in [2.24, 2.45) is 0 Å². The fourth-order valence-corrected chi connectivity index (χ4v) is 4.00.